The van der Waals surface area contributed by atoms with E-state index in [0.29, 0.717) is 13.2 Å². The summed E-state index contributed by atoms with van der Waals surface area (Å²) in [4.78, 5) is 28.0. The Balaban J connectivity index is 1.54. The minimum Gasteiger partial charge on any atom is -0.465 e. The molecular formula is C52H64O4. The van der Waals surface area contributed by atoms with Crippen LogP contribution in [0.15, 0.2) is 146 Å². The van der Waals surface area contributed by atoms with Crippen LogP contribution in [0, 0.1) is 11.8 Å². The van der Waals surface area contributed by atoms with Gasteiger partial charge in [0.05, 0.1) is 25.0 Å². The second-order valence-corrected chi connectivity index (χ2v) is 15.7. The van der Waals surface area contributed by atoms with Gasteiger partial charge in [0.25, 0.3) is 0 Å². The zero-order valence-corrected chi connectivity index (χ0v) is 33.9. The molecule has 0 N–H and O–H groups in total. The van der Waals surface area contributed by atoms with Crippen LogP contribution >= 0.6 is 0 Å². The number of ether oxygens (including phenoxy) is 2. The monoisotopic (exact) mass is 752 g/mol. The van der Waals surface area contributed by atoms with Gasteiger partial charge in [-0.25, -0.2) is 0 Å². The van der Waals surface area contributed by atoms with Crippen molar-refractivity contribution in [3.05, 3.63) is 168 Å². The number of esters is 2. The van der Waals surface area contributed by atoms with Gasteiger partial charge in [-0.05, 0) is 110 Å². The van der Waals surface area contributed by atoms with Crippen molar-refractivity contribution >= 4 is 11.9 Å². The van der Waals surface area contributed by atoms with Gasteiger partial charge in [-0.3, -0.25) is 9.59 Å². The summed E-state index contributed by atoms with van der Waals surface area (Å²) in [5, 5.41) is 0. The normalized spacial score (nSPS) is 23.8. The molecule has 1 aliphatic carbocycles. The summed E-state index contributed by atoms with van der Waals surface area (Å²) in [6.07, 6.45) is 19.1. The Kier molecular flexibility index (Phi) is 18.2. The van der Waals surface area contributed by atoms with Crippen molar-refractivity contribution in [2.24, 2.45) is 11.8 Å². The molecule has 0 radical (unpaired) electrons. The Morgan fingerprint density at radius 3 is 0.911 bits per heavy atom. The highest BCUT2D eigenvalue weighted by Crippen LogP contribution is 2.39. The second-order valence-electron chi connectivity index (χ2n) is 15.7. The van der Waals surface area contributed by atoms with Crippen molar-refractivity contribution in [1.29, 1.82) is 0 Å². The molecule has 4 aromatic carbocycles. The standard InChI is InChI=1S/C52H64O4/c1-3-5-35-55-51(53)49-37-45(41-23-11-7-12-24-41)31-19-21-33-47(43-27-15-9-16-28-43)39-50(52(54)56-36-6-4-2)40-48(44-29-17-10-18-30-44)34-22-20-32-46(38-49)42-25-13-8-14-26-42/h7-30,45-50H,3-6,31-40H2,1-2H3/b21-19+,22-20+. The molecule has 0 spiro atoms. The minimum atomic E-state index is -0.239. The molecule has 0 saturated carbocycles. The van der Waals surface area contributed by atoms with Crippen LogP contribution in [0.3, 0.4) is 0 Å². The molecule has 1 aliphatic rings. The summed E-state index contributed by atoms with van der Waals surface area (Å²) in [7, 11) is 0. The first-order valence-electron chi connectivity index (χ1n) is 21.4. The van der Waals surface area contributed by atoms with Crippen LogP contribution in [-0.2, 0) is 19.1 Å². The van der Waals surface area contributed by atoms with Gasteiger partial charge in [0.1, 0.15) is 0 Å². The van der Waals surface area contributed by atoms with E-state index in [1.807, 2.05) is 0 Å². The average molecular weight is 753 g/mol. The van der Waals surface area contributed by atoms with Crippen LogP contribution in [0.2, 0.25) is 0 Å². The van der Waals surface area contributed by atoms with Gasteiger partial charge in [-0.15, -0.1) is 0 Å². The smallest absolute Gasteiger partial charge is 0.308 e. The number of carbonyl (C=O) groups excluding carboxylic acids is 2. The molecule has 0 aliphatic heterocycles. The molecule has 5 rings (SSSR count). The SMILES string of the molecule is CCCCOC(=O)C1CC(c2ccccc2)C/C=C/CC(c2ccccc2)CC(C(=O)OCCCC)CC(c2ccccc2)C/C=C/CC(c2ccccc2)C1. The minimum absolute atomic E-state index is 0.0761. The van der Waals surface area contributed by atoms with Gasteiger partial charge in [0.2, 0.25) is 0 Å². The van der Waals surface area contributed by atoms with E-state index in [0.717, 1.165) is 77.0 Å². The summed E-state index contributed by atoms with van der Waals surface area (Å²) in [5.74, 6) is -0.000680. The van der Waals surface area contributed by atoms with Crippen molar-refractivity contribution in [2.75, 3.05) is 13.2 Å². The van der Waals surface area contributed by atoms with E-state index < -0.39 is 0 Å². The topological polar surface area (TPSA) is 52.6 Å². The third kappa shape index (κ3) is 13.8. The third-order valence-corrected chi connectivity index (χ3v) is 11.5. The molecule has 296 valence electrons. The highest BCUT2D eigenvalue weighted by molar-refractivity contribution is 5.73. The number of hydrogen-bond acceptors (Lipinski definition) is 4. The van der Waals surface area contributed by atoms with Crippen molar-refractivity contribution < 1.29 is 19.1 Å². The first-order chi connectivity index (χ1) is 27.6. The summed E-state index contributed by atoms with van der Waals surface area (Å²) >= 11 is 0. The first kappa shape index (κ1) is 42.4. The third-order valence-electron chi connectivity index (χ3n) is 11.5. The molecule has 0 heterocycles. The Hall–Kier alpha value is -4.70. The van der Waals surface area contributed by atoms with Gasteiger partial charge >= 0.3 is 11.9 Å². The fourth-order valence-electron chi connectivity index (χ4n) is 8.24. The highest BCUT2D eigenvalue weighted by atomic mass is 16.5. The lowest BCUT2D eigenvalue weighted by molar-refractivity contribution is -0.150. The number of benzene rings is 4. The average Bonchev–Trinajstić information content (AvgIpc) is 3.24. The van der Waals surface area contributed by atoms with Gasteiger partial charge in [-0.1, -0.05) is 172 Å². The molecule has 0 fully saturated rings. The van der Waals surface area contributed by atoms with Gasteiger partial charge in [-0.2, -0.15) is 0 Å². The Bertz CT molecular complexity index is 1500. The molecule has 0 amide bonds. The van der Waals surface area contributed by atoms with Crippen LogP contribution in [0.1, 0.15) is 137 Å². The quantitative estimate of drug-likeness (QED) is 0.0821. The summed E-state index contributed by atoms with van der Waals surface area (Å²) < 4.78 is 12.0. The Morgan fingerprint density at radius 2 is 0.679 bits per heavy atom. The molecule has 0 saturated heterocycles. The van der Waals surface area contributed by atoms with Crippen LogP contribution in [0.4, 0.5) is 0 Å². The number of rotatable bonds is 12. The lowest BCUT2D eigenvalue weighted by Crippen LogP contribution is -2.24. The predicted molar refractivity (Wildman–Crippen MR) is 231 cm³/mol. The molecular weight excluding hydrogens is 689 g/mol. The number of hydrogen-bond donors (Lipinski definition) is 0. The number of carbonyl (C=O) groups is 2. The van der Waals surface area contributed by atoms with E-state index in [-0.39, 0.29) is 47.4 Å². The summed E-state index contributed by atoms with van der Waals surface area (Å²) in [5.41, 5.74) is 4.98. The highest BCUT2D eigenvalue weighted by Gasteiger charge is 2.30. The molecule has 4 aromatic rings. The second kappa shape index (κ2) is 24.0. The van der Waals surface area contributed by atoms with Crippen molar-refractivity contribution in [3.8, 4) is 0 Å². The number of unbranched alkanes of at least 4 members (excludes halogenated alkanes) is 2. The molecule has 0 aromatic heterocycles. The van der Waals surface area contributed by atoms with Gasteiger partial charge < -0.3 is 9.47 Å². The zero-order chi connectivity index (χ0) is 39.2. The zero-order valence-electron chi connectivity index (χ0n) is 33.9. The maximum atomic E-state index is 14.0. The van der Waals surface area contributed by atoms with E-state index in [9.17, 15) is 9.59 Å². The van der Waals surface area contributed by atoms with Crippen molar-refractivity contribution in [3.63, 3.8) is 0 Å². The van der Waals surface area contributed by atoms with Gasteiger partial charge in [0, 0.05) is 0 Å². The maximum absolute atomic E-state index is 14.0. The van der Waals surface area contributed by atoms with Crippen molar-refractivity contribution in [1.82, 2.24) is 0 Å². The largest absolute Gasteiger partial charge is 0.465 e. The lowest BCUT2D eigenvalue weighted by atomic mass is 9.78. The fourth-order valence-corrected chi connectivity index (χ4v) is 8.24. The maximum Gasteiger partial charge on any atom is 0.308 e. The predicted octanol–water partition coefficient (Wildman–Crippen LogP) is 13.3. The van der Waals surface area contributed by atoms with Crippen molar-refractivity contribution in [2.45, 2.75) is 115 Å². The molecule has 4 heteroatoms. The van der Waals surface area contributed by atoms with E-state index >= 15 is 0 Å². The van der Waals surface area contributed by atoms with Gasteiger partial charge in [0.15, 0.2) is 0 Å². The fraction of sp³-hybridized carbons (Fsp3) is 0.423. The molecule has 4 unspecified atom stereocenters. The van der Waals surface area contributed by atoms with E-state index in [1.165, 1.54) is 22.3 Å². The van der Waals surface area contributed by atoms with Crippen LogP contribution in [0.5, 0.6) is 0 Å². The summed E-state index contributed by atoms with van der Waals surface area (Å²) in [6, 6.07) is 42.7. The van der Waals surface area contributed by atoms with E-state index in [4.69, 9.17) is 9.47 Å². The van der Waals surface area contributed by atoms with E-state index in [2.05, 4.69) is 159 Å². The number of allylic oxidation sites excluding steroid dienone is 4. The molecule has 56 heavy (non-hydrogen) atoms. The van der Waals surface area contributed by atoms with Crippen LogP contribution < -0.4 is 0 Å². The molecule has 4 atom stereocenters. The Morgan fingerprint density at radius 1 is 0.429 bits per heavy atom. The van der Waals surface area contributed by atoms with Crippen LogP contribution in [-0.4, -0.2) is 25.2 Å². The Labute approximate surface area is 337 Å². The van der Waals surface area contributed by atoms with E-state index in [1.54, 1.807) is 0 Å². The summed E-state index contributed by atoms with van der Waals surface area (Å²) in [6.45, 7) is 5.19. The first-order valence-corrected chi connectivity index (χ1v) is 21.4. The molecule has 0 bridgehead atoms. The van der Waals surface area contributed by atoms with Crippen LogP contribution in [0.25, 0.3) is 0 Å². The lowest BCUT2D eigenvalue weighted by Gasteiger charge is -2.27. The molecule has 4 nitrogen and oxygen atoms in total.